The maximum absolute atomic E-state index is 11.3. The smallest absolute Gasteiger partial charge is 0.346 e. The van der Waals surface area contributed by atoms with E-state index in [9.17, 15) is 15.2 Å². The van der Waals surface area contributed by atoms with Crippen LogP contribution in [0.3, 0.4) is 0 Å². The Morgan fingerprint density at radius 1 is 0.704 bits per heavy atom. The Labute approximate surface area is 325 Å². The molecule has 0 radical (unpaired) electrons. The summed E-state index contributed by atoms with van der Waals surface area (Å²) in [7, 11) is 0. The number of nitriles is 1. The molecule has 0 bridgehead atoms. The summed E-state index contributed by atoms with van der Waals surface area (Å²) in [5.74, 6) is 0.484. The average Bonchev–Trinajstić information content (AvgIpc) is 3.89. The number of carboxylic acids is 1. The minimum Gasteiger partial charge on any atom is -0.494 e. The van der Waals surface area contributed by atoms with Crippen LogP contribution in [0.15, 0.2) is 103 Å². The van der Waals surface area contributed by atoms with Crippen LogP contribution in [-0.2, 0) is 4.79 Å². The van der Waals surface area contributed by atoms with Crippen LogP contribution in [0.25, 0.3) is 38.7 Å². The lowest BCUT2D eigenvalue weighted by atomic mass is 10.0. The molecule has 0 amide bonds. The van der Waals surface area contributed by atoms with Gasteiger partial charge in [-0.1, -0.05) is 76.6 Å². The van der Waals surface area contributed by atoms with Crippen molar-refractivity contribution >= 4 is 63.2 Å². The Balaban J connectivity index is 1.26. The van der Waals surface area contributed by atoms with Crippen LogP contribution in [0.1, 0.15) is 70.1 Å². The molecular weight excluding hydrogens is 713 g/mol. The van der Waals surface area contributed by atoms with E-state index >= 15 is 0 Å². The Morgan fingerprint density at radius 3 is 1.74 bits per heavy atom. The van der Waals surface area contributed by atoms with Gasteiger partial charge in [0, 0.05) is 37.9 Å². The third kappa shape index (κ3) is 9.53. The number of carbonyl (C=O) groups is 1. The summed E-state index contributed by atoms with van der Waals surface area (Å²) in [5, 5.41) is 18.5. The van der Waals surface area contributed by atoms with E-state index in [0.717, 1.165) is 98.9 Å². The summed E-state index contributed by atoms with van der Waals surface area (Å²) < 4.78 is 21.4. The minimum atomic E-state index is -1.25. The molecule has 0 aliphatic carbocycles. The Kier molecular flexibility index (Phi) is 13.5. The van der Waals surface area contributed by atoms with Gasteiger partial charge in [-0.2, -0.15) is 14.0 Å². The first-order valence-electron chi connectivity index (χ1n) is 18.6. The maximum atomic E-state index is 11.3. The first-order chi connectivity index (χ1) is 26.5. The van der Waals surface area contributed by atoms with E-state index in [2.05, 4.69) is 82.1 Å². The van der Waals surface area contributed by atoms with E-state index in [1.807, 2.05) is 42.5 Å². The standard InChI is InChI=1S/C44H44N4O4S2/c1-3-5-7-9-27-51-36-19-15-34(16-20-36)48(35-17-21-37(22-18-35)52-28-10-8-6-4-2)33-13-11-31(12-14-33)39-24-25-40(43-42(39)46-54-47-43)41-26-23-38(53-41)29-32(30-45)44(49)50/h11-26,29H,3-10,27-28H2,1-2H3,(H,49,50)/b32-29-. The zero-order valence-corrected chi connectivity index (χ0v) is 32.3. The molecule has 6 aromatic rings. The van der Waals surface area contributed by atoms with E-state index in [-0.39, 0.29) is 5.57 Å². The average molecular weight is 757 g/mol. The molecule has 1 N–H and O–H groups in total. The molecule has 0 saturated heterocycles. The number of aliphatic carboxylic acids is 1. The molecule has 0 fully saturated rings. The van der Waals surface area contributed by atoms with E-state index < -0.39 is 5.97 Å². The fraction of sp³-hybridized carbons (Fsp3) is 0.273. The first kappa shape index (κ1) is 38.2. The molecule has 0 aliphatic heterocycles. The van der Waals surface area contributed by atoms with Crippen molar-refractivity contribution in [3.63, 3.8) is 0 Å². The highest BCUT2D eigenvalue weighted by molar-refractivity contribution is 7.16. The van der Waals surface area contributed by atoms with Gasteiger partial charge in [-0.15, -0.1) is 11.3 Å². The van der Waals surface area contributed by atoms with Gasteiger partial charge in [0.05, 0.1) is 24.9 Å². The van der Waals surface area contributed by atoms with Crippen LogP contribution in [0, 0.1) is 11.3 Å². The highest BCUT2D eigenvalue weighted by Gasteiger charge is 2.17. The van der Waals surface area contributed by atoms with Gasteiger partial charge in [-0.05, 0) is 97.3 Å². The van der Waals surface area contributed by atoms with E-state index in [1.54, 1.807) is 6.07 Å². The highest BCUT2D eigenvalue weighted by Crippen LogP contribution is 2.40. The van der Waals surface area contributed by atoms with Crippen LogP contribution in [0.4, 0.5) is 17.1 Å². The van der Waals surface area contributed by atoms with Crippen molar-refractivity contribution in [1.82, 2.24) is 8.75 Å². The zero-order valence-electron chi connectivity index (χ0n) is 30.7. The number of carboxylic acid groups (broad SMARTS) is 1. The topological polar surface area (TPSA) is 109 Å². The summed E-state index contributed by atoms with van der Waals surface area (Å²) in [6.07, 6.45) is 10.7. The van der Waals surface area contributed by atoms with Gasteiger partial charge in [-0.3, -0.25) is 0 Å². The SMILES string of the molecule is CCCCCCOc1ccc(N(c2ccc(OCCCCCC)cc2)c2ccc(-c3ccc(-c4ccc(/C=C(/C#N)C(=O)O)s4)c4nsnc34)cc2)cc1. The third-order valence-electron chi connectivity index (χ3n) is 9.10. The number of hydrogen-bond donors (Lipinski definition) is 1. The lowest BCUT2D eigenvalue weighted by Crippen LogP contribution is -2.10. The van der Waals surface area contributed by atoms with Crippen LogP contribution >= 0.6 is 23.1 Å². The Hall–Kier alpha value is -5.50. The number of anilines is 3. The largest absolute Gasteiger partial charge is 0.494 e. The number of thiophene rings is 1. The Bertz CT molecular complexity index is 2140. The predicted octanol–water partition coefficient (Wildman–Crippen LogP) is 12.5. The van der Waals surface area contributed by atoms with Gasteiger partial charge < -0.3 is 19.5 Å². The molecule has 0 atom stereocenters. The lowest BCUT2D eigenvalue weighted by molar-refractivity contribution is -0.132. The number of benzene rings is 4. The molecule has 8 nitrogen and oxygen atoms in total. The normalized spacial score (nSPS) is 11.4. The molecular formula is C44H44N4O4S2. The monoisotopic (exact) mass is 756 g/mol. The molecule has 6 rings (SSSR count). The second-order valence-corrected chi connectivity index (χ2v) is 14.6. The van der Waals surface area contributed by atoms with Crippen LogP contribution < -0.4 is 14.4 Å². The third-order valence-corrected chi connectivity index (χ3v) is 10.7. The van der Waals surface area contributed by atoms with Gasteiger partial charge in [0.1, 0.15) is 34.2 Å². The van der Waals surface area contributed by atoms with Crippen LogP contribution in [0.2, 0.25) is 0 Å². The number of nitrogens with zero attached hydrogens (tertiary/aromatic N) is 4. The highest BCUT2D eigenvalue weighted by atomic mass is 32.1. The molecule has 276 valence electrons. The molecule has 2 heterocycles. The number of unbranched alkanes of at least 4 members (excludes halogenated alkanes) is 6. The molecule has 4 aromatic carbocycles. The summed E-state index contributed by atoms with van der Waals surface area (Å²) in [4.78, 5) is 15.2. The molecule has 2 aromatic heterocycles. The van der Waals surface area contributed by atoms with Crippen LogP contribution in [-0.4, -0.2) is 33.0 Å². The Morgan fingerprint density at radius 2 is 1.22 bits per heavy atom. The van der Waals surface area contributed by atoms with Gasteiger partial charge >= 0.3 is 5.97 Å². The van der Waals surface area contributed by atoms with Gasteiger partial charge in [0.2, 0.25) is 0 Å². The summed E-state index contributed by atoms with van der Waals surface area (Å²) in [5.41, 5.74) is 7.19. The second-order valence-electron chi connectivity index (χ2n) is 13.0. The van der Waals surface area contributed by atoms with Crippen molar-refractivity contribution in [3.8, 4) is 39.1 Å². The maximum Gasteiger partial charge on any atom is 0.346 e. The van der Waals surface area contributed by atoms with Gasteiger partial charge in [0.15, 0.2) is 0 Å². The van der Waals surface area contributed by atoms with E-state index in [4.69, 9.17) is 9.47 Å². The molecule has 54 heavy (non-hydrogen) atoms. The van der Waals surface area contributed by atoms with E-state index in [1.165, 1.54) is 55.9 Å². The second kappa shape index (κ2) is 19.0. The molecule has 0 spiro atoms. The lowest BCUT2D eigenvalue weighted by Gasteiger charge is -2.26. The van der Waals surface area contributed by atoms with Crippen molar-refractivity contribution in [2.45, 2.75) is 65.2 Å². The molecule has 0 saturated carbocycles. The van der Waals surface area contributed by atoms with Gasteiger partial charge in [-0.25, -0.2) is 4.79 Å². The van der Waals surface area contributed by atoms with Gasteiger partial charge in [0.25, 0.3) is 0 Å². The molecule has 0 unspecified atom stereocenters. The van der Waals surface area contributed by atoms with Crippen molar-refractivity contribution in [1.29, 1.82) is 5.26 Å². The molecule has 0 aliphatic rings. The summed E-state index contributed by atoms with van der Waals surface area (Å²) >= 11 is 2.57. The number of fused-ring (bicyclic) bond motifs is 1. The number of hydrogen-bond acceptors (Lipinski definition) is 9. The van der Waals surface area contributed by atoms with Crippen LogP contribution in [0.5, 0.6) is 11.5 Å². The minimum absolute atomic E-state index is 0.306. The zero-order chi connectivity index (χ0) is 37.7. The summed E-state index contributed by atoms with van der Waals surface area (Å²) in [6.45, 7) is 5.86. The summed E-state index contributed by atoms with van der Waals surface area (Å²) in [6, 6.07) is 34.6. The fourth-order valence-corrected chi connectivity index (χ4v) is 7.77. The van der Waals surface area contributed by atoms with Crippen molar-refractivity contribution in [3.05, 3.63) is 108 Å². The van der Waals surface area contributed by atoms with E-state index in [0.29, 0.717) is 4.88 Å². The number of rotatable bonds is 19. The van der Waals surface area contributed by atoms with Crippen molar-refractivity contribution in [2.24, 2.45) is 0 Å². The fourth-order valence-electron chi connectivity index (χ4n) is 6.22. The number of aromatic nitrogens is 2. The number of ether oxygens (including phenoxy) is 2. The van der Waals surface area contributed by atoms with Crippen molar-refractivity contribution < 1.29 is 19.4 Å². The quantitative estimate of drug-likeness (QED) is 0.0494. The first-order valence-corrected chi connectivity index (χ1v) is 20.1. The molecule has 10 heteroatoms. The predicted molar refractivity (Wildman–Crippen MR) is 221 cm³/mol. The van der Waals surface area contributed by atoms with Crippen molar-refractivity contribution in [2.75, 3.05) is 18.1 Å².